The molecule has 0 bridgehead atoms. The summed E-state index contributed by atoms with van der Waals surface area (Å²) in [6, 6.07) is 12.8. The molecular weight excluding hydrogens is 933 g/mol. The van der Waals surface area contributed by atoms with Crippen molar-refractivity contribution < 1.29 is 14.3 Å². The highest BCUT2D eigenvalue weighted by Gasteiger charge is 2.24. The van der Waals surface area contributed by atoms with Crippen molar-refractivity contribution in [3.05, 3.63) is 166 Å². The van der Waals surface area contributed by atoms with Crippen LogP contribution in [0.25, 0.3) is 44.5 Å². The maximum absolute atomic E-state index is 14.0. The van der Waals surface area contributed by atoms with E-state index in [1.807, 2.05) is 0 Å². The van der Waals surface area contributed by atoms with Crippen molar-refractivity contribution in [2.75, 3.05) is 16.4 Å². The van der Waals surface area contributed by atoms with E-state index in [4.69, 9.17) is 28.9 Å². The second kappa shape index (κ2) is 18.8. The van der Waals surface area contributed by atoms with Crippen LogP contribution < -0.4 is 44.8 Å². The zero-order valence-corrected chi connectivity index (χ0v) is 37.0. The van der Waals surface area contributed by atoms with Crippen LogP contribution in [0.15, 0.2) is 105 Å². The lowest BCUT2D eigenvalue weighted by Gasteiger charge is -2.20. The summed E-state index contributed by atoms with van der Waals surface area (Å²) < 4.78 is 33.3. The van der Waals surface area contributed by atoms with Crippen molar-refractivity contribution in [3.8, 4) is 11.4 Å². The van der Waals surface area contributed by atoms with Gasteiger partial charge < -0.3 is 38.0 Å². The van der Waals surface area contributed by atoms with Crippen LogP contribution in [-0.2, 0) is 0 Å². The fourth-order valence-electron chi connectivity index (χ4n) is 7.21. The van der Waals surface area contributed by atoms with Crippen LogP contribution in [0, 0.1) is 18.6 Å². The van der Waals surface area contributed by atoms with E-state index >= 15 is 0 Å². The molecular formula is C41H36Cl2F2N18O5. The Morgan fingerprint density at radius 3 is 1.56 bits per heavy atom. The molecule has 0 spiro atoms. The fourth-order valence-corrected chi connectivity index (χ4v) is 7.66. The first-order chi connectivity index (χ1) is 31.7. The number of aryl methyl sites for hydroxylation is 1. The Morgan fingerprint density at radius 2 is 1.10 bits per heavy atom. The number of hydrogen-bond donors (Lipinski definition) is 6. The predicted molar refractivity (Wildman–Crippen MR) is 249 cm³/mol. The Balaban J connectivity index is 0.000000196. The summed E-state index contributed by atoms with van der Waals surface area (Å²) in [6.45, 7) is 5.11. The molecule has 0 fully saturated rings. The normalized spacial score (nSPS) is 12.0. The van der Waals surface area contributed by atoms with Crippen LogP contribution in [0.5, 0.6) is 0 Å². The molecule has 10 rings (SSSR count). The van der Waals surface area contributed by atoms with Crippen molar-refractivity contribution in [1.82, 2.24) is 74.4 Å². The summed E-state index contributed by atoms with van der Waals surface area (Å²) in [5.74, 6) is 0.0415. The first-order valence-corrected chi connectivity index (χ1v) is 20.3. The van der Waals surface area contributed by atoms with Crippen molar-refractivity contribution in [1.29, 1.82) is 0 Å². The van der Waals surface area contributed by atoms with Gasteiger partial charge in [-0.1, -0.05) is 35.3 Å². The summed E-state index contributed by atoms with van der Waals surface area (Å²) in [6.07, 6.45) is 5.57. The molecule has 348 valence electrons. The monoisotopic (exact) mass is 968 g/mol. The van der Waals surface area contributed by atoms with E-state index in [0.717, 1.165) is 0 Å². The van der Waals surface area contributed by atoms with Gasteiger partial charge in [0.05, 0.1) is 46.2 Å². The molecule has 68 heavy (non-hydrogen) atoms. The topological polar surface area (TPSA) is 338 Å². The quantitative estimate of drug-likeness (QED) is 0.124. The zero-order valence-electron chi connectivity index (χ0n) is 35.5. The summed E-state index contributed by atoms with van der Waals surface area (Å²) in [5.41, 5.74) is 5.06. The number of nitrogens with two attached hydrogens (primary N) is 1. The highest BCUT2D eigenvalue weighted by molar-refractivity contribution is 6.34. The number of aromatic amines is 2. The molecule has 8 aromatic heterocycles. The molecule has 0 amide bonds. The number of aromatic nitrogens is 14. The number of nitrogens with zero attached hydrogens (tertiary/aromatic N) is 12. The zero-order chi connectivity index (χ0) is 46.6. The maximum atomic E-state index is 14.0. The van der Waals surface area contributed by atoms with Gasteiger partial charge in [0.15, 0.2) is 22.9 Å². The Morgan fingerprint density at radius 1 is 0.662 bits per heavy atom. The molecule has 0 aliphatic carbocycles. The van der Waals surface area contributed by atoms with Crippen molar-refractivity contribution in [3.63, 3.8) is 0 Å². The fraction of sp³-hybridized carbons (Fsp3) is 0.122. The van der Waals surface area contributed by atoms with Gasteiger partial charge >= 0.3 is 0 Å². The van der Waals surface area contributed by atoms with Gasteiger partial charge in [-0.25, -0.2) is 37.7 Å². The Labute approximate surface area is 388 Å². The van der Waals surface area contributed by atoms with E-state index in [0.29, 0.717) is 5.82 Å². The number of anilines is 3. The number of nitrogens with one attached hydrogen (secondary N) is 4. The SMILES string of the molecule is C[C@H](Nc1nc(N)nc2nc[nH]c(=O)c12)c1nn2ccc(Cl)c2c(=O)n1-c1cccc(F)c1.Cc1nc(N[C@@H](C)c2nn3ccc(Cl)c3c(=O)n2-c2cccc(F)c2)c2c(=O)[nH]cnc2n1.N.O. The lowest BCUT2D eigenvalue weighted by atomic mass is 10.2. The van der Waals surface area contributed by atoms with E-state index in [9.17, 15) is 28.0 Å². The molecule has 11 N–H and O–H groups in total. The molecule has 0 aliphatic heterocycles. The Bertz CT molecular complexity index is 3570. The Kier molecular flexibility index (Phi) is 13.1. The number of halogens is 4. The van der Waals surface area contributed by atoms with Crippen molar-refractivity contribution >= 4 is 73.9 Å². The number of nitrogen functional groups attached to an aromatic ring is 1. The van der Waals surface area contributed by atoms with Gasteiger partial charge in [-0.3, -0.25) is 28.3 Å². The van der Waals surface area contributed by atoms with E-state index in [1.165, 1.54) is 79.5 Å². The van der Waals surface area contributed by atoms with Crippen LogP contribution >= 0.6 is 23.2 Å². The lowest BCUT2D eigenvalue weighted by Crippen LogP contribution is -2.29. The predicted octanol–water partition coefficient (Wildman–Crippen LogP) is 4.18. The highest BCUT2D eigenvalue weighted by Crippen LogP contribution is 2.26. The van der Waals surface area contributed by atoms with Gasteiger partial charge in [-0.2, -0.15) is 20.2 Å². The van der Waals surface area contributed by atoms with Crippen molar-refractivity contribution in [2.45, 2.75) is 32.9 Å². The molecule has 0 unspecified atom stereocenters. The van der Waals surface area contributed by atoms with Gasteiger partial charge in [-0.15, -0.1) is 0 Å². The maximum Gasteiger partial charge on any atom is 0.284 e. The van der Waals surface area contributed by atoms with Crippen molar-refractivity contribution in [2.24, 2.45) is 0 Å². The standard InChI is InChI=1S/C21H16ClFN8O2.C20H15ClFN9O2.H3N.H2O/c1-10(26-18-15-17(27-11(2)28-18)24-9-25-20(15)32)19-29-30-7-6-14(22)16(30)21(33)31(19)13-5-3-4-12(23)8-13;1-9(26-16-13-15(27-20(23)28-16)24-8-25-18(13)32)17-29-30-6-5-12(21)14(30)19(33)31(17)11-4-2-3-10(22)7-11;;/h3-10H,1-2H3,(H2,24,25,26,27,28,32);2-9H,1H3,(H4,23,24,25,26,27,28,32);1H3;1H2/t10-;9-;;/m00../s1. The summed E-state index contributed by atoms with van der Waals surface area (Å²) in [5, 5.41) is 15.9. The number of rotatable bonds is 8. The smallest absolute Gasteiger partial charge is 0.284 e. The third-order valence-electron chi connectivity index (χ3n) is 10.1. The summed E-state index contributed by atoms with van der Waals surface area (Å²) in [7, 11) is 0. The molecule has 2 aromatic carbocycles. The van der Waals surface area contributed by atoms with Gasteiger partial charge in [-0.05, 0) is 69.3 Å². The van der Waals surface area contributed by atoms with Crippen LogP contribution in [0.2, 0.25) is 10.0 Å². The van der Waals surface area contributed by atoms with Gasteiger partial charge in [0.1, 0.15) is 50.9 Å². The van der Waals surface area contributed by atoms with E-state index in [-0.39, 0.29) is 95.4 Å². The average molecular weight is 970 g/mol. The van der Waals surface area contributed by atoms with Gasteiger partial charge in [0.2, 0.25) is 5.95 Å². The van der Waals surface area contributed by atoms with E-state index in [1.54, 1.807) is 45.2 Å². The highest BCUT2D eigenvalue weighted by atomic mass is 35.5. The second-order valence-corrected chi connectivity index (χ2v) is 15.3. The minimum Gasteiger partial charge on any atom is -0.412 e. The third-order valence-corrected chi connectivity index (χ3v) is 10.7. The van der Waals surface area contributed by atoms with Gasteiger partial charge in [0.25, 0.3) is 22.2 Å². The van der Waals surface area contributed by atoms with Gasteiger partial charge in [0, 0.05) is 12.4 Å². The number of fused-ring (bicyclic) bond motifs is 4. The first-order valence-electron chi connectivity index (χ1n) is 19.5. The summed E-state index contributed by atoms with van der Waals surface area (Å²) in [4.78, 5) is 81.3. The second-order valence-electron chi connectivity index (χ2n) is 14.5. The van der Waals surface area contributed by atoms with E-state index in [2.05, 4.69) is 60.7 Å². The number of benzene rings is 2. The third kappa shape index (κ3) is 8.66. The summed E-state index contributed by atoms with van der Waals surface area (Å²) >= 11 is 12.4. The van der Waals surface area contributed by atoms with Crippen LogP contribution in [-0.4, -0.2) is 73.7 Å². The number of hydrogen-bond acceptors (Lipinski definition) is 16. The Hall–Kier alpha value is -8.52. The average Bonchev–Trinajstić information content (AvgIpc) is 3.84. The molecule has 10 aromatic rings. The molecule has 0 radical (unpaired) electrons. The number of H-pyrrole nitrogens is 2. The molecule has 23 nitrogen and oxygen atoms in total. The largest absolute Gasteiger partial charge is 0.412 e. The van der Waals surface area contributed by atoms with Crippen LogP contribution in [0.3, 0.4) is 0 Å². The van der Waals surface area contributed by atoms with Crippen LogP contribution in [0.1, 0.15) is 43.4 Å². The molecule has 8 heterocycles. The minimum atomic E-state index is -0.705. The molecule has 0 aliphatic rings. The minimum absolute atomic E-state index is 0. The molecule has 2 atom stereocenters. The molecule has 0 saturated heterocycles. The lowest BCUT2D eigenvalue weighted by molar-refractivity contribution is 0.622. The van der Waals surface area contributed by atoms with E-state index < -0.39 is 46.0 Å². The first kappa shape index (κ1) is 47.4. The molecule has 27 heteroatoms. The molecule has 0 saturated carbocycles. The van der Waals surface area contributed by atoms with Crippen LogP contribution in [0.4, 0.5) is 26.4 Å².